The normalized spacial score (nSPS) is 10.4. The largest absolute Gasteiger partial charge is 0.368 e. The van der Waals surface area contributed by atoms with Crippen molar-refractivity contribution in [3.63, 3.8) is 0 Å². The number of rotatable bonds is 2. The van der Waals surface area contributed by atoms with Crippen LogP contribution in [0.25, 0.3) is 22.4 Å². The molecule has 0 bridgehead atoms. The number of nitrogen functional groups attached to an aromatic ring is 1. The second-order valence-corrected chi connectivity index (χ2v) is 4.21. The third-order valence-corrected chi connectivity index (χ3v) is 2.92. The zero-order valence-corrected chi connectivity index (χ0v) is 10.5. The fourth-order valence-electron chi connectivity index (χ4n) is 2.03. The van der Waals surface area contributed by atoms with Gasteiger partial charge in [-0.05, 0) is 11.6 Å². The first-order valence-corrected chi connectivity index (χ1v) is 6.03. The number of hydrogen-bond donors (Lipinski definition) is 1. The monoisotopic (exact) mass is 266 g/mol. The topological polar surface area (TPSA) is 64.7 Å². The molecule has 3 rings (SSSR count). The molecule has 98 valence electrons. The Morgan fingerprint density at radius 2 is 1.75 bits per heavy atom. The molecule has 0 unspecified atom stereocenters. The summed E-state index contributed by atoms with van der Waals surface area (Å²) in [5, 5.41) is 0. The minimum absolute atomic E-state index is 0.0439. The number of anilines is 1. The van der Waals surface area contributed by atoms with Crippen molar-refractivity contribution in [3.8, 4) is 22.4 Å². The summed E-state index contributed by atoms with van der Waals surface area (Å²) in [6.07, 6.45) is 4.49. The second kappa shape index (κ2) is 5.05. The van der Waals surface area contributed by atoms with Crippen molar-refractivity contribution in [1.29, 1.82) is 0 Å². The van der Waals surface area contributed by atoms with E-state index in [4.69, 9.17) is 5.73 Å². The predicted octanol–water partition coefficient (Wildman–Crippen LogP) is 2.93. The first-order chi connectivity index (χ1) is 9.75. The summed E-state index contributed by atoms with van der Waals surface area (Å²) in [6, 6.07) is 11.1. The van der Waals surface area contributed by atoms with E-state index in [1.807, 2.05) is 30.3 Å². The van der Waals surface area contributed by atoms with Crippen LogP contribution in [0, 0.1) is 5.82 Å². The van der Waals surface area contributed by atoms with Crippen LogP contribution in [0.15, 0.2) is 55.0 Å². The van der Waals surface area contributed by atoms with Gasteiger partial charge in [-0.15, -0.1) is 0 Å². The van der Waals surface area contributed by atoms with Crippen LogP contribution in [-0.4, -0.2) is 15.0 Å². The van der Waals surface area contributed by atoms with Crippen molar-refractivity contribution >= 4 is 5.95 Å². The number of nitrogens with zero attached hydrogens (tertiary/aromatic N) is 3. The van der Waals surface area contributed by atoms with Gasteiger partial charge >= 0.3 is 0 Å². The van der Waals surface area contributed by atoms with E-state index in [1.54, 1.807) is 18.5 Å². The Kier molecular flexibility index (Phi) is 3.09. The molecule has 0 saturated carbocycles. The van der Waals surface area contributed by atoms with Gasteiger partial charge in [-0.3, -0.25) is 4.98 Å². The van der Waals surface area contributed by atoms with Gasteiger partial charge in [0.15, 0.2) is 5.82 Å². The maximum Gasteiger partial charge on any atom is 0.220 e. The molecule has 5 heteroatoms. The zero-order chi connectivity index (χ0) is 13.9. The van der Waals surface area contributed by atoms with Crippen LogP contribution in [0.4, 0.5) is 10.3 Å². The summed E-state index contributed by atoms with van der Waals surface area (Å²) in [6.45, 7) is 0. The first-order valence-electron chi connectivity index (χ1n) is 6.03. The Morgan fingerprint density at radius 3 is 2.50 bits per heavy atom. The fraction of sp³-hybridized carbons (Fsp3) is 0. The molecule has 0 aliphatic heterocycles. The van der Waals surface area contributed by atoms with Crippen molar-refractivity contribution in [2.45, 2.75) is 0 Å². The number of halogens is 1. The van der Waals surface area contributed by atoms with Gasteiger partial charge < -0.3 is 5.73 Å². The SMILES string of the molecule is Nc1ncc(F)c(-c2ccccc2-c2cccnc2)n1. The third-order valence-electron chi connectivity index (χ3n) is 2.92. The summed E-state index contributed by atoms with van der Waals surface area (Å²) in [7, 11) is 0. The molecule has 3 aromatic rings. The Labute approximate surface area is 115 Å². The fourth-order valence-corrected chi connectivity index (χ4v) is 2.03. The number of aromatic nitrogens is 3. The number of hydrogen-bond acceptors (Lipinski definition) is 4. The van der Waals surface area contributed by atoms with Gasteiger partial charge in [-0.2, -0.15) is 0 Å². The number of pyridine rings is 1. The average Bonchev–Trinajstić information content (AvgIpc) is 2.51. The maximum absolute atomic E-state index is 14.0. The van der Waals surface area contributed by atoms with Crippen LogP contribution in [0.2, 0.25) is 0 Å². The molecule has 0 aliphatic carbocycles. The van der Waals surface area contributed by atoms with Crippen LogP contribution in [0.5, 0.6) is 0 Å². The molecule has 2 aromatic heterocycles. The van der Waals surface area contributed by atoms with Crippen LogP contribution in [0.1, 0.15) is 0 Å². The van der Waals surface area contributed by atoms with Crippen molar-refractivity contribution in [2.24, 2.45) is 0 Å². The molecular formula is C15H11FN4. The van der Waals surface area contributed by atoms with E-state index in [-0.39, 0.29) is 11.6 Å². The van der Waals surface area contributed by atoms with Crippen LogP contribution in [0.3, 0.4) is 0 Å². The van der Waals surface area contributed by atoms with Crippen molar-refractivity contribution in [1.82, 2.24) is 15.0 Å². The maximum atomic E-state index is 14.0. The van der Waals surface area contributed by atoms with Gasteiger partial charge in [0.25, 0.3) is 0 Å². The number of nitrogens with two attached hydrogens (primary N) is 1. The van der Waals surface area contributed by atoms with Crippen LogP contribution < -0.4 is 5.73 Å². The van der Waals surface area contributed by atoms with Gasteiger partial charge in [0.1, 0.15) is 5.69 Å². The molecule has 2 N–H and O–H groups in total. The first kappa shape index (κ1) is 12.2. The smallest absolute Gasteiger partial charge is 0.220 e. The Balaban J connectivity index is 2.23. The standard InChI is InChI=1S/C15H11FN4/c16-13-9-19-15(17)20-14(13)12-6-2-1-5-11(12)10-4-3-7-18-8-10/h1-9H,(H2,17,19,20). The van der Waals surface area contributed by atoms with Gasteiger partial charge in [0.2, 0.25) is 5.95 Å². The van der Waals surface area contributed by atoms with E-state index >= 15 is 0 Å². The molecule has 1 aromatic carbocycles. The van der Waals surface area contributed by atoms with E-state index in [9.17, 15) is 4.39 Å². The Morgan fingerprint density at radius 1 is 0.950 bits per heavy atom. The van der Waals surface area contributed by atoms with Gasteiger partial charge in [-0.1, -0.05) is 30.3 Å². The van der Waals surface area contributed by atoms with Crippen LogP contribution in [-0.2, 0) is 0 Å². The second-order valence-electron chi connectivity index (χ2n) is 4.21. The molecular weight excluding hydrogens is 255 g/mol. The summed E-state index contributed by atoms with van der Waals surface area (Å²) >= 11 is 0. The predicted molar refractivity (Wildman–Crippen MR) is 75.1 cm³/mol. The molecule has 0 amide bonds. The quantitative estimate of drug-likeness (QED) is 0.774. The molecule has 0 radical (unpaired) electrons. The highest BCUT2D eigenvalue weighted by atomic mass is 19.1. The summed E-state index contributed by atoms with van der Waals surface area (Å²) in [4.78, 5) is 11.7. The van der Waals surface area contributed by atoms with Gasteiger partial charge in [0.05, 0.1) is 6.20 Å². The minimum atomic E-state index is -0.504. The average molecular weight is 266 g/mol. The summed E-state index contributed by atoms with van der Waals surface area (Å²) in [5.41, 5.74) is 8.14. The van der Waals surface area contributed by atoms with Crippen molar-refractivity contribution < 1.29 is 4.39 Å². The Hall–Kier alpha value is -2.82. The lowest BCUT2D eigenvalue weighted by Crippen LogP contribution is -1.99. The van der Waals surface area contributed by atoms with Crippen molar-refractivity contribution in [2.75, 3.05) is 5.73 Å². The minimum Gasteiger partial charge on any atom is -0.368 e. The Bertz CT molecular complexity index is 744. The lowest BCUT2D eigenvalue weighted by atomic mass is 9.98. The summed E-state index contributed by atoms with van der Waals surface area (Å²) in [5.74, 6) is -0.460. The van der Waals surface area contributed by atoms with E-state index in [1.165, 1.54) is 0 Å². The highest BCUT2D eigenvalue weighted by molar-refractivity contribution is 5.81. The zero-order valence-electron chi connectivity index (χ0n) is 10.5. The van der Waals surface area contributed by atoms with E-state index in [2.05, 4.69) is 15.0 Å². The van der Waals surface area contributed by atoms with Crippen molar-refractivity contribution in [3.05, 3.63) is 60.8 Å². The third kappa shape index (κ3) is 2.21. The molecule has 4 nitrogen and oxygen atoms in total. The molecule has 20 heavy (non-hydrogen) atoms. The van der Waals surface area contributed by atoms with E-state index in [0.717, 1.165) is 17.3 Å². The van der Waals surface area contributed by atoms with Gasteiger partial charge in [-0.25, -0.2) is 14.4 Å². The molecule has 0 spiro atoms. The highest BCUT2D eigenvalue weighted by Gasteiger charge is 2.13. The molecule has 0 saturated heterocycles. The lowest BCUT2D eigenvalue weighted by molar-refractivity contribution is 0.619. The van der Waals surface area contributed by atoms with Gasteiger partial charge in [0, 0.05) is 23.5 Å². The van der Waals surface area contributed by atoms with Crippen LogP contribution >= 0.6 is 0 Å². The summed E-state index contributed by atoms with van der Waals surface area (Å²) < 4.78 is 14.0. The molecule has 0 fully saturated rings. The lowest BCUT2D eigenvalue weighted by Gasteiger charge is -2.09. The number of benzene rings is 1. The van der Waals surface area contributed by atoms with E-state index in [0.29, 0.717) is 5.56 Å². The highest BCUT2D eigenvalue weighted by Crippen LogP contribution is 2.31. The van der Waals surface area contributed by atoms with E-state index < -0.39 is 5.82 Å². The molecule has 2 heterocycles. The molecule has 0 aliphatic rings. The molecule has 0 atom stereocenters.